The van der Waals surface area contributed by atoms with Crippen LogP contribution in [0, 0.1) is 0 Å². The number of aliphatic carboxylic acids is 1. The molecule has 14 heavy (non-hydrogen) atoms. The van der Waals surface area contributed by atoms with E-state index >= 15 is 0 Å². The molecule has 0 rings (SSSR count). The summed E-state index contributed by atoms with van der Waals surface area (Å²) in [6.45, 7) is 4.55. The number of carboxylic acid groups (broad SMARTS) is 1. The molecule has 1 atom stereocenters. The molecule has 0 fully saturated rings. The molecule has 0 aliphatic heterocycles. The van der Waals surface area contributed by atoms with Gasteiger partial charge in [-0.3, -0.25) is 9.59 Å². The Kier molecular flexibility index (Phi) is 5.87. The quantitative estimate of drug-likeness (QED) is 0.632. The van der Waals surface area contributed by atoms with Crippen LogP contribution in [0.15, 0.2) is 0 Å². The second-order valence-electron chi connectivity index (χ2n) is 3.05. The van der Waals surface area contributed by atoms with Crippen molar-refractivity contribution in [3.05, 3.63) is 0 Å². The predicted molar refractivity (Wildman–Crippen MR) is 51.0 cm³/mol. The number of nitrogens with zero attached hydrogens (tertiary/aromatic N) is 1. The van der Waals surface area contributed by atoms with Crippen molar-refractivity contribution in [1.29, 1.82) is 0 Å². The average Bonchev–Trinajstić information content (AvgIpc) is 2.04. The molecule has 0 saturated carbocycles. The van der Waals surface area contributed by atoms with Crippen molar-refractivity contribution in [2.24, 2.45) is 0 Å². The van der Waals surface area contributed by atoms with Gasteiger partial charge in [0.25, 0.3) is 0 Å². The zero-order chi connectivity index (χ0) is 11.1. The Morgan fingerprint density at radius 2 is 2.07 bits per heavy atom. The van der Waals surface area contributed by atoms with Crippen molar-refractivity contribution >= 4 is 11.9 Å². The number of carbonyl (C=O) groups is 2. The fourth-order valence-corrected chi connectivity index (χ4v) is 1.30. The number of likely N-dealkylation sites (N-methyl/N-ethyl adjacent to an activating group) is 1. The van der Waals surface area contributed by atoms with E-state index in [1.165, 1.54) is 4.90 Å². The van der Waals surface area contributed by atoms with Gasteiger partial charge in [0.2, 0.25) is 5.91 Å². The van der Waals surface area contributed by atoms with Crippen molar-refractivity contribution in [2.45, 2.75) is 26.3 Å². The Labute approximate surface area is 83.6 Å². The van der Waals surface area contributed by atoms with E-state index < -0.39 is 12.4 Å². The molecule has 0 aromatic heterocycles. The smallest absolute Gasteiger partial charge is 0.312 e. The molecule has 82 valence electrons. The third-order valence-electron chi connectivity index (χ3n) is 1.90. The number of methoxy groups -OCH3 is 1. The maximum atomic E-state index is 11.4. The second-order valence-corrected chi connectivity index (χ2v) is 3.05. The predicted octanol–water partition coefficient (Wildman–Crippen LogP) is 0.345. The monoisotopic (exact) mass is 203 g/mol. The molecule has 0 aromatic carbocycles. The Morgan fingerprint density at radius 1 is 1.50 bits per heavy atom. The standard InChI is InChI=1S/C9H17NO4/c1-4-10(7(2)6-14-3)8(11)5-9(12)13/h7H,4-6H2,1-3H3,(H,12,13). The van der Waals surface area contributed by atoms with Crippen LogP contribution < -0.4 is 0 Å². The molecule has 0 saturated heterocycles. The number of carboxylic acids is 1. The zero-order valence-corrected chi connectivity index (χ0v) is 8.82. The van der Waals surface area contributed by atoms with Gasteiger partial charge in [-0.1, -0.05) is 0 Å². The van der Waals surface area contributed by atoms with E-state index in [4.69, 9.17) is 9.84 Å². The highest BCUT2D eigenvalue weighted by Crippen LogP contribution is 2.02. The van der Waals surface area contributed by atoms with Crippen LogP contribution in [0.5, 0.6) is 0 Å². The molecule has 0 bridgehead atoms. The van der Waals surface area contributed by atoms with Crippen molar-refractivity contribution in [3.8, 4) is 0 Å². The van der Waals surface area contributed by atoms with Gasteiger partial charge in [-0.05, 0) is 13.8 Å². The summed E-state index contributed by atoms with van der Waals surface area (Å²) in [5.74, 6) is -1.47. The first-order valence-corrected chi connectivity index (χ1v) is 4.53. The van der Waals surface area contributed by atoms with E-state index in [9.17, 15) is 9.59 Å². The molecule has 0 aromatic rings. The first kappa shape index (κ1) is 12.9. The van der Waals surface area contributed by atoms with Crippen LogP contribution >= 0.6 is 0 Å². The molecule has 1 amide bonds. The molecule has 1 unspecified atom stereocenters. The van der Waals surface area contributed by atoms with E-state index in [0.717, 1.165) is 0 Å². The summed E-state index contributed by atoms with van der Waals surface area (Å²) in [5.41, 5.74) is 0. The summed E-state index contributed by atoms with van der Waals surface area (Å²) in [6.07, 6.45) is -0.456. The third-order valence-corrected chi connectivity index (χ3v) is 1.90. The van der Waals surface area contributed by atoms with E-state index in [1.807, 2.05) is 13.8 Å². The fourth-order valence-electron chi connectivity index (χ4n) is 1.30. The van der Waals surface area contributed by atoms with Crippen LogP contribution in [-0.2, 0) is 14.3 Å². The van der Waals surface area contributed by atoms with Gasteiger partial charge in [-0.15, -0.1) is 0 Å². The summed E-state index contributed by atoms with van der Waals surface area (Å²) in [5, 5.41) is 8.46. The molecule has 5 nitrogen and oxygen atoms in total. The number of rotatable bonds is 6. The minimum absolute atomic E-state index is 0.0863. The van der Waals surface area contributed by atoms with Crippen LogP contribution in [0.3, 0.4) is 0 Å². The van der Waals surface area contributed by atoms with Crippen LogP contribution in [0.2, 0.25) is 0 Å². The van der Waals surface area contributed by atoms with E-state index in [1.54, 1.807) is 7.11 Å². The van der Waals surface area contributed by atoms with Gasteiger partial charge in [0.15, 0.2) is 0 Å². The number of ether oxygens (including phenoxy) is 1. The van der Waals surface area contributed by atoms with Gasteiger partial charge < -0.3 is 14.7 Å². The number of hydrogen-bond acceptors (Lipinski definition) is 3. The van der Waals surface area contributed by atoms with Gasteiger partial charge in [0.05, 0.1) is 12.6 Å². The molecular weight excluding hydrogens is 186 g/mol. The maximum Gasteiger partial charge on any atom is 0.312 e. The van der Waals surface area contributed by atoms with Crippen LogP contribution in [0.1, 0.15) is 20.3 Å². The Bertz CT molecular complexity index is 205. The Morgan fingerprint density at radius 3 is 2.43 bits per heavy atom. The van der Waals surface area contributed by atoms with Gasteiger partial charge in [-0.2, -0.15) is 0 Å². The van der Waals surface area contributed by atoms with E-state index in [-0.39, 0.29) is 11.9 Å². The molecular formula is C9H17NO4. The number of carbonyl (C=O) groups excluding carboxylic acids is 1. The maximum absolute atomic E-state index is 11.4. The van der Waals surface area contributed by atoms with Crippen molar-refractivity contribution in [3.63, 3.8) is 0 Å². The highest BCUT2D eigenvalue weighted by atomic mass is 16.5. The highest BCUT2D eigenvalue weighted by Gasteiger charge is 2.20. The van der Waals surface area contributed by atoms with Gasteiger partial charge in [0.1, 0.15) is 6.42 Å². The van der Waals surface area contributed by atoms with Crippen LogP contribution in [-0.4, -0.2) is 48.2 Å². The van der Waals surface area contributed by atoms with Gasteiger partial charge in [0, 0.05) is 13.7 Å². The second kappa shape index (κ2) is 6.37. The lowest BCUT2D eigenvalue weighted by atomic mass is 10.2. The summed E-state index contributed by atoms with van der Waals surface area (Å²) < 4.78 is 4.90. The van der Waals surface area contributed by atoms with Crippen LogP contribution in [0.4, 0.5) is 0 Å². The van der Waals surface area contributed by atoms with Crippen molar-refractivity contribution in [1.82, 2.24) is 4.90 Å². The minimum Gasteiger partial charge on any atom is -0.481 e. The molecule has 1 N–H and O–H groups in total. The molecule has 0 aliphatic rings. The lowest BCUT2D eigenvalue weighted by Gasteiger charge is -2.26. The lowest BCUT2D eigenvalue weighted by molar-refractivity contribution is -0.145. The molecule has 0 spiro atoms. The SMILES string of the molecule is CCN(C(=O)CC(=O)O)C(C)COC. The summed E-state index contributed by atoms with van der Waals surface area (Å²) in [7, 11) is 1.55. The lowest BCUT2D eigenvalue weighted by Crippen LogP contribution is -2.41. The van der Waals surface area contributed by atoms with E-state index in [2.05, 4.69) is 0 Å². The summed E-state index contributed by atoms with van der Waals surface area (Å²) in [6, 6.07) is -0.0863. The van der Waals surface area contributed by atoms with Gasteiger partial charge in [-0.25, -0.2) is 0 Å². The average molecular weight is 203 g/mol. The highest BCUT2D eigenvalue weighted by molar-refractivity contribution is 5.93. The first-order valence-electron chi connectivity index (χ1n) is 4.53. The largest absolute Gasteiger partial charge is 0.481 e. The fraction of sp³-hybridized carbons (Fsp3) is 0.778. The van der Waals surface area contributed by atoms with Crippen LogP contribution in [0.25, 0.3) is 0 Å². The molecule has 5 heteroatoms. The minimum atomic E-state index is -1.10. The van der Waals surface area contributed by atoms with Crippen molar-refractivity contribution < 1.29 is 19.4 Å². The van der Waals surface area contributed by atoms with Gasteiger partial charge >= 0.3 is 5.97 Å². The number of amides is 1. The zero-order valence-electron chi connectivity index (χ0n) is 8.82. The third kappa shape index (κ3) is 4.23. The first-order chi connectivity index (χ1) is 6.52. The molecule has 0 radical (unpaired) electrons. The Balaban J connectivity index is 4.24. The number of hydrogen-bond donors (Lipinski definition) is 1. The molecule has 0 aliphatic carbocycles. The van der Waals surface area contributed by atoms with Crippen molar-refractivity contribution in [2.75, 3.05) is 20.3 Å². The Hall–Kier alpha value is -1.10. The molecule has 0 heterocycles. The summed E-state index contributed by atoms with van der Waals surface area (Å²) >= 11 is 0. The summed E-state index contributed by atoms with van der Waals surface area (Å²) in [4.78, 5) is 23.2. The topological polar surface area (TPSA) is 66.8 Å². The van der Waals surface area contributed by atoms with E-state index in [0.29, 0.717) is 13.2 Å². The normalized spacial score (nSPS) is 12.2.